The fourth-order valence-electron chi connectivity index (χ4n) is 4.00. The predicted molar refractivity (Wildman–Crippen MR) is 118 cm³/mol. The Hall–Kier alpha value is -2.93. The highest BCUT2D eigenvalue weighted by atomic mass is 16.5. The van der Waals surface area contributed by atoms with Crippen molar-refractivity contribution in [3.05, 3.63) is 53.2 Å². The van der Waals surface area contributed by atoms with E-state index in [2.05, 4.69) is 29.5 Å². The van der Waals surface area contributed by atoms with Gasteiger partial charge in [0.2, 0.25) is 5.91 Å². The molecule has 1 aliphatic rings. The van der Waals surface area contributed by atoms with Gasteiger partial charge in [0, 0.05) is 49.5 Å². The van der Waals surface area contributed by atoms with Crippen molar-refractivity contribution < 1.29 is 14.3 Å². The Balaban J connectivity index is 2.01. The number of hydrogen-bond donors (Lipinski definition) is 2. The van der Waals surface area contributed by atoms with Crippen LogP contribution in [0.3, 0.4) is 0 Å². The fraction of sp³-hybridized carbons (Fsp3) is 0.435. The molecule has 0 saturated heterocycles. The van der Waals surface area contributed by atoms with Crippen LogP contribution < -0.4 is 15.5 Å². The number of ether oxygens (including phenoxy) is 1. The van der Waals surface area contributed by atoms with Crippen LogP contribution in [-0.4, -0.2) is 43.1 Å². The number of carbonyl (C=O) groups is 2. The van der Waals surface area contributed by atoms with E-state index < -0.39 is 0 Å². The van der Waals surface area contributed by atoms with Gasteiger partial charge in [0.25, 0.3) is 5.91 Å². The predicted octanol–water partition coefficient (Wildman–Crippen LogP) is 3.31. The van der Waals surface area contributed by atoms with Crippen LogP contribution >= 0.6 is 0 Å². The number of benzene rings is 1. The number of fused-ring (bicyclic) bond motifs is 1. The standard InChI is InChI=1S/C23H30N4O3/c1-14-7-6-8-21(25-14)26-22-15(2)16(3)27(17(4)28)20-10-9-18(13-19(20)22)23(29)24-11-12-30-5/h6-10,13,15-16,22H,11-12H2,1-5H3,(H,24,29)(H,25,26). The first-order valence-corrected chi connectivity index (χ1v) is 10.2. The topological polar surface area (TPSA) is 83.6 Å². The van der Waals surface area contributed by atoms with Crippen LogP contribution in [0.4, 0.5) is 11.5 Å². The first kappa shape index (κ1) is 21.8. The molecule has 7 heteroatoms. The Kier molecular flexibility index (Phi) is 6.72. The van der Waals surface area contributed by atoms with Gasteiger partial charge in [-0.25, -0.2) is 4.98 Å². The maximum atomic E-state index is 12.6. The molecule has 30 heavy (non-hydrogen) atoms. The third kappa shape index (κ3) is 4.46. The summed E-state index contributed by atoms with van der Waals surface area (Å²) in [6.07, 6.45) is 0. The summed E-state index contributed by atoms with van der Waals surface area (Å²) in [6, 6.07) is 11.3. The van der Waals surface area contributed by atoms with Gasteiger partial charge < -0.3 is 20.3 Å². The third-order valence-electron chi connectivity index (χ3n) is 5.70. The normalized spacial score (nSPS) is 20.4. The van der Waals surface area contributed by atoms with Gasteiger partial charge in [-0.3, -0.25) is 9.59 Å². The molecule has 2 heterocycles. The van der Waals surface area contributed by atoms with E-state index in [4.69, 9.17) is 4.74 Å². The minimum Gasteiger partial charge on any atom is -0.383 e. The molecule has 1 aromatic heterocycles. The molecule has 1 aliphatic heterocycles. The van der Waals surface area contributed by atoms with E-state index >= 15 is 0 Å². The van der Waals surface area contributed by atoms with E-state index in [0.29, 0.717) is 18.7 Å². The van der Waals surface area contributed by atoms with Crippen molar-refractivity contribution in [3.8, 4) is 0 Å². The van der Waals surface area contributed by atoms with Crippen LogP contribution in [0.2, 0.25) is 0 Å². The second-order valence-electron chi connectivity index (χ2n) is 7.80. The number of methoxy groups -OCH3 is 1. The Labute approximate surface area is 177 Å². The van der Waals surface area contributed by atoms with E-state index in [9.17, 15) is 9.59 Å². The molecular weight excluding hydrogens is 380 g/mol. The summed E-state index contributed by atoms with van der Waals surface area (Å²) in [5, 5.41) is 6.39. The van der Waals surface area contributed by atoms with Gasteiger partial charge in [-0.1, -0.05) is 13.0 Å². The van der Waals surface area contributed by atoms with Gasteiger partial charge in [-0.2, -0.15) is 0 Å². The third-order valence-corrected chi connectivity index (χ3v) is 5.70. The fourth-order valence-corrected chi connectivity index (χ4v) is 4.00. The molecule has 1 aromatic carbocycles. The van der Waals surface area contributed by atoms with Crippen molar-refractivity contribution in [1.82, 2.24) is 10.3 Å². The van der Waals surface area contributed by atoms with E-state index in [1.54, 1.807) is 20.1 Å². The van der Waals surface area contributed by atoms with E-state index in [1.165, 1.54) is 0 Å². The first-order chi connectivity index (χ1) is 14.3. The minimum atomic E-state index is -0.164. The second-order valence-corrected chi connectivity index (χ2v) is 7.80. The largest absolute Gasteiger partial charge is 0.383 e. The number of anilines is 2. The highest BCUT2D eigenvalue weighted by Gasteiger charge is 2.38. The summed E-state index contributed by atoms with van der Waals surface area (Å²) < 4.78 is 5.00. The Morgan fingerprint density at radius 1 is 1.20 bits per heavy atom. The Morgan fingerprint density at radius 3 is 2.63 bits per heavy atom. The van der Waals surface area contributed by atoms with Crippen molar-refractivity contribution in [1.29, 1.82) is 0 Å². The van der Waals surface area contributed by atoms with Crippen LogP contribution in [0.5, 0.6) is 0 Å². The number of aromatic nitrogens is 1. The molecule has 0 fully saturated rings. The minimum absolute atomic E-state index is 0.00121. The number of rotatable bonds is 6. The molecule has 160 valence electrons. The maximum Gasteiger partial charge on any atom is 0.251 e. The molecule has 0 spiro atoms. The molecule has 3 unspecified atom stereocenters. The molecule has 2 aromatic rings. The molecule has 0 aliphatic carbocycles. The number of pyridine rings is 1. The number of nitrogens with one attached hydrogen (secondary N) is 2. The lowest BCUT2D eigenvalue weighted by molar-refractivity contribution is -0.117. The smallest absolute Gasteiger partial charge is 0.251 e. The average molecular weight is 411 g/mol. The lowest BCUT2D eigenvalue weighted by atomic mass is 9.82. The van der Waals surface area contributed by atoms with Crippen molar-refractivity contribution in [2.24, 2.45) is 5.92 Å². The second kappa shape index (κ2) is 9.26. The van der Waals surface area contributed by atoms with Crippen molar-refractivity contribution in [2.45, 2.75) is 39.8 Å². The average Bonchev–Trinajstić information content (AvgIpc) is 2.71. The van der Waals surface area contributed by atoms with Crippen molar-refractivity contribution in [2.75, 3.05) is 30.5 Å². The molecule has 0 saturated carbocycles. The zero-order chi connectivity index (χ0) is 21.8. The van der Waals surface area contributed by atoms with Crippen molar-refractivity contribution >= 4 is 23.3 Å². The summed E-state index contributed by atoms with van der Waals surface area (Å²) in [5.74, 6) is 0.703. The summed E-state index contributed by atoms with van der Waals surface area (Å²) in [7, 11) is 1.60. The van der Waals surface area contributed by atoms with Crippen LogP contribution in [0.1, 0.15) is 48.4 Å². The zero-order valence-electron chi connectivity index (χ0n) is 18.2. The van der Waals surface area contributed by atoms with E-state index in [0.717, 1.165) is 22.8 Å². The van der Waals surface area contributed by atoms with Crippen LogP contribution in [-0.2, 0) is 9.53 Å². The molecule has 7 nitrogen and oxygen atoms in total. The number of carbonyl (C=O) groups excluding carboxylic acids is 2. The monoisotopic (exact) mass is 410 g/mol. The van der Waals surface area contributed by atoms with E-state index in [1.807, 2.05) is 42.2 Å². The highest BCUT2D eigenvalue weighted by molar-refractivity contribution is 5.98. The molecular formula is C23H30N4O3. The number of amides is 2. The maximum absolute atomic E-state index is 12.6. The molecule has 2 amide bonds. The van der Waals surface area contributed by atoms with Gasteiger partial charge >= 0.3 is 0 Å². The molecule has 0 radical (unpaired) electrons. The number of aryl methyl sites for hydroxylation is 1. The Bertz CT molecular complexity index is 930. The molecule has 0 bridgehead atoms. The van der Waals surface area contributed by atoms with E-state index in [-0.39, 0.29) is 29.8 Å². The summed E-state index contributed by atoms with van der Waals surface area (Å²) >= 11 is 0. The van der Waals surface area contributed by atoms with Crippen LogP contribution in [0, 0.1) is 12.8 Å². The quantitative estimate of drug-likeness (QED) is 0.714. The molecule has 3 rings (SSSR count). The molecule has 2 N–H and O–H groups in total. The summed E-state index contributed by atoms with van der Waals surface area (Å²) in [5.41, 5.74) is 3.22. The number of nitrogens with zero attached hydrogens (tertiary/aromatic N) is 2. The van der Waals surface area contributed by atoms with Gasteiger partial charge in [-0.15, -0.1) is 0 Å². The van der Waals surface area contributed by atoms with Gasteiger partial charge in [0.1, 0.15) is 5.82 Å². The lowest BCUT2D eigenvalue weighted by Gasteiger charge is -2.44. The van der Waals surface area contributed by atoms with Gasteiger partial charge in [0.05, 0.1) is 12.6 Å². The van der Waals surface area contributed by atoms with Crippen LogP contribution in [0.15, 0.2) is 36.4 Å². The molecule has 3 atom stereocenters. The summed E-state index contributed by atoms with van der Waals surface area (Å²) in [4.78, 5) is 31.4. The SMILES string of the molecule is COCCNC(=O)c1ccc2c(c1)C(Nc1cccc(C)n1)C(C)C(C)N2C(C)=O. The highest BCUT2D eigenvalue weighted by Crippen LogP contribution is 2.42. The first-order valence-electron chi connectivity index (χ1n) is 10.2. The van der Waals surface area contributed by atoms with Crippen molar-refractivity contribution in [3.63, 3.8) is 0 Å². The summed E-state index contributed by atoms with van der Waals surface area (Å²) in [6.45, 7) is 8.59. The number of hydrogen-bond acceptors (Lipinski definition) is 5. The zero-order valence-corrected chi connectivity index (χ0v) is 18.2. The van der Waals surface area contributed by atoms with Gasteiger partial charge in [0.15, 0.2) is 0 Å². The van der Waals surface area contributed by atoms with Crippen LogP contribution in [0.25, 0.3) is 0 Å². The Morgan fingerprint density at radius 2 is 1.97 bits per heavy atom. The van der Waals surface area contributed by atoms with Gasteiger partial charge in [-0.05, 0) is 49.7 Å². The lowest BCUT2D eigenvalue weighted by Crippen LogP contribution is -2.48.